The summed E-state index contributed by atoms with van der Waals surface area (Å²) in [5, 5.41) is 3.65. The Hall–Kier alpha value is -3.73. The first-order valence-electron chi connectivity index (χ1n) is 9.79. The van der Waals surface area contributed by atoms with E-state index in [2.05, 4.69) is 5.32 Å². The smallest absolute Gasteiger partial charge is 0.252 e. The number of carbonyl (C=O) groups is 1. The maximum atomic E-state index is 13.4. The van der Waals surface area contributed by atoms with Crippen LogP contribution in [0.1, 0.15) is 22.8 Å². The SMILES string of the molecule is CCOc1ccc(-c2cc(C(=O)NCc3cccc(F)c3)c3ccccc3n2)cc1. The van der Waals surface area contributed by atoms with Crippen LogP contribution in [0.25, 0.3) is 22.2 Å². The number of pyridine rings is 1. The number of rotatable bonds is 6. The van der Waals surface area contributed by atoms with Crippen LogP contribution in [0.5, 0.6) is 5.75 Å². The van der Waals surface area contributed by atoms with Crippen molar-refractivity contribution in [2.45, 2.75) is 13.5 Å². The third kappa shape index (κ3) is 4.30. The molecule has 0 saturated heterocycles. The molecular weight excluding hydrogens is 379 g/mol. The molecule has 0 unspecified atom stereocenters. The first-order valence-corrected chi connectivity index (χ1v) is 9.79. The Morgan fingerprint density at radius 1 is 1.00 bits per heavy atom. The highest BCUT2D eigenvalue weighted by molar-refractivity contribution is 6.07. The van der Waals surface area contributed by atoms with Crippen LogP contribution >= 0.6 is 0 Å². The summed E-state index contributed by atoms with van der Waals surface area (Å²) in [6.07, 6.45) is 0. The van der Waals surface area contributed by atoms with E-state index in [4.69, 9.17) is 9.72 Å². The lowest BCUT2D eigenvalue weighted by Gasteiger charge is -2.11. The van der Waals surface area contributed by atoms with E-state index < -0.39 is 0 Å². The van der Waals surface area contributed by atoms with E-state index >= 15 is 0 Å². The Balaban J connectivity index is 1.66. The van der Waals surface area contributed by atoms with E-state index in [1.165, 1.54) is 12.1 Å². The Kier molecular flexibility index (Phi) is 5.70. The highest BCUT2D eigenvalue weighted by Crippen LogP contribution is 2.26. The molecule has 0 radical (unpaired) electrons. The Labute approximate surface area is 174 Å². The molecule has 4 nitrogen and oxygen atoms in total. The minimum absolute atomic E-state index is 0.231. The van der Waals surface area contributed by atoms with Crippen molar-refractivity contribution >= 4 is 16.8 Å². The highest BCUT2D eigenvalue weighted by atomic mass is 19.1. The molecule has 1 N–H and O–H groups in total. The van der Waals surface area contributed by atoms with Gasteiger partial charge in [0.1, 0.15) is 11.6 Å². The third-order valence-electron chi connectivity index (χ3n) is 4.76. The van der Waals surface area contributed by atoms with Gasteiger partial charge in [-0.15, -0.1) is 0 Å². The maximum absolute atomic E-state index is 13.4. The Morgan fingerprint density at radius 2 is 1.80 bits per heavy atom. The number of benzene rings is 3. The number of nitrogens with zero attached hydrogens (tertiary/aromatic N) is 1. The van der Waals surface area contributed by atoms with Crippen molar-refractivity contribution in [1.82, 2.24) is 10.3 Å². The quantitative estimate of drug-likeness (QED) is 0.473. The molecule has 0 aliphatic rings. The number of hydrogen-bond donors (Lipinski definition) is 1. The van der Waals surface area contributed by atoms with E-state index in [0.717, 1.165) is 22.2 Å². The van der Waals surface area contributed by atoms with Gasteiger partial charge in [0, 0.05) is 17.5 Å². The van der Waals surface area contributed by atoms with Crippen LogP contribution in [0.4, 0.5) is 4.39 Å². The predicted octanol–water partition coefficient (Wildman–Crippen LogP) is 5.37. The van der Waals surface area contributed by atoms with Crippen LogP contribution in [0.3, 0.4) is 0 Å². The summed E-state index contributed by atoms with van der Waals surface area (Å²) in [7, 11) is 0. The van der Waals surface area contributed by atoms with Gasteiger partial charge < -0.3 is 10.1 Å². The fourth-order valence-corrected chi connectivity index (χ4v) is 3.32. The topological polar surface area (TPSA) is 51.2 Å². The highest BCUT2D eigenvalue weighted by Gasteiger charge is 2.14. The second-order valence-corrected chi connectivity index (χ2v) is 6.84. The van der Waals surface area contributed by atoms with Gasteiger partial charge in [0.05, 0.1) is 23.4 Å². The third-order valence-corrected chi connectivity index (χ3v) is 4.76. The predicted molar refractivity (Wildman–Crippen MR) is 116 cm³/mol. The van der Waals surface area contributed by atoms with Gasteiger partial charge in [-0.2, -0.15) is 0 Å². The number of amides is 1. The Bertz CT molecular complexity index is 1190. The molecule has 1 heterocycles. The van der Waals surface area contributed by atoms with Crippen molar-refractivity contribution in [3.8, 4) is 17.0 Å². The van der Waals surface area contributed by atoms with Crippen LogP contribution in [-0.4, -0.2) is 17.5 Å². The van der Waals surface area contributed by atoms with Crippen molar-refractivity contribution in [2.75, 3.05) is 6.61 Å². The number of nitrogens with one attached hydrogen (secondary N) is 1. The van der Waals surface area contributed by atoms with E-state index in [1.54, 1.807) is 18.2 Å². The maximum Gasteiger partial charge on any atom is 0.252 e. The molecule has 4 aromatic rings. The Morgan fingerprint density at radius 3 is 2.57 bits per heavy atom. The van der Waals surface area contributed by atoms with Crippen LogP contribution in [0, 0.1) is 5.82 Å². The summed E-state index contributed by atoms with van der Waals surface area (Å²) in [6.45, 7) is 2.78. The minimum Gasteiger partial charge on any atom is -0.494 e. The number of halogens is 1. The van der Waals surface area contributed by atoms with Crippen molar-refractivity contribution in [3.05, 3.63) is 95.8 Å². The number of ether oxygens (including phenoxy) is 1. The van der Waals surface area contributed by atoms with Crippen LogP contribution in [0.2, 0.25) is 0 Å². The van der Waals surface area contributed by atoms with Crippen molar-refractivity contribution in [3.63, 3.8) is 0 Å². The van der Waals surface area contributed by atoms with Gasteiger partial charge in [0.2, 0.25) is 0 Å². The van der Waals surface area contributed by atoms with Gasteiger partial charge in [-0.05, 0) is 61.0 Å². The second kappa shape index (κ2) is 8.74. The molecule has 0 aliphatic carbocycles. The first kappa shape index (κ1) is 19.6. The van der Waals surface area contributed by atoms with Crippen molar-refractivity contribution < 1.29 is 13.9 Å². The molecule has 150 valence electrons. The zero-order valence-electron chi connectivity index (χ0n) is 16.6. The lowest BCUT2D eigenvalue weighted by Crippen LogP contribution is -2.23. The monoisotopic (exact) mass is 400 g/mol. The lowest BCUT2D eigenvalue weighted by molar-refractivity contribution is 0.0952. The van der Waals surface area contributed by atoms with Gasteiger partial charge in [-0.1, -0.05) is 30.3 Å². The van der Waals surface area contributed by atoms with E-state index in [0.29, 0.717) is 23.4 Å². The lowest BCUT2D eigenvalue weighted by atomic mass is 10.0. The van der Waals surface area contributed by atoms with Crippen molar-refractivity contribution in [1.29, 1.82) is 0 Å². The van der Waals surface area contributed by atoms with Crippen LogP contribution < -0.4 is 10.1 Å². The largest absolute Gasteiger partial charge is 0.494 e. The van der Waals surface area contributed by atoms with Gasteiger partial charge >= 0.3 is 0 Å². The molecule has 1 aromatic heterocycles. The molecule has 0 spiro atoms. The normalized spacial score (nSPS) is 10.7. The molecule has 0 saturated carbocycles. The van der Waals surface area contributed by atoms with E-state index in [9.17, 15) is 9.18 Å². The van der Waals surface area contributed by atoms with Gasteiger partial charge in [-0.3, -0.25) is 4.79 Å². The second-order valence-electron chi connectivity index (χ2n) is 6.84. The molecule has 4 rings (SSSR count). The number of para-hydroxylation sites is 1. The van der Waals surface area contributed by atoms with Gasteiger partial charge in [0.25, 0.3) is 5.91 Å². The summed E-state index contributed by atoms with van der Waals surface area (Å²) < 4.78 is 18.9. The minimum atomic E-state index is -0.325. The number of carbonyl (C=O) groups excluding carboxylic acids is 1. The molecule has 5 heteroatoms. The summed E-state index contributed by atoms with van der Waals surface area (Å²) >= 11 is 0. The fourth-order valence-electron chi connectivity index (χ4n) is 3.32. The number of aromatic nitrogens is 1. The molecule has 30 heavy (non-hydrogen) atoms. The van der Waals surface area contributed by atoms with Crippen LogP contribution in [-0.2, 0) is 6.54 Å². The number of hydrogen-bond acceptors (Lipinski definition) is 3. The standard InChI is InChI=1S/C25H21FN2O2/c1-2-30-20-12-10-18(11-13-20)24-15-22(21-8-3-4-9-23(21)28-24)25(29)27-16-17-6-5-7-19(26)14-17/h3-15H,2,16H2,1H3,(H,27,29). The molecule has 0 atom stereocenters. The zero-order valence-corrected chi connectivity index (χ0v) is 16.6. The molecule has 0 aliphatic heterocycles. The average Bonchev–Trinajstić information content (AvgIpc) is 2.77. The fraction of sp³-hybridized carbons (Fsp3) is 0.120. The molecule has 3 aromatic carbocycles. The summed E-state index contributed by atoms with van der Waals surface area (Å²) in [5.74, 6) is 0.231. The number of fused-ring (bicyclic) bond motifs is 1. The zero-order chi connectivity index (χ0) is 20.9. The summed E-state index contributed by atoms with van der Waals surface area (Å²) in [5.41, 5.74) is 3.56. The van der Waals surface area contributed by atoms with E-state index in [1.807, 2.05) is 55.5 Å². The van der Waals surface area contributed by atoms with Crippen molar-refractivity contribution in [2.24, 2.45) is 0 Å². The van der Waals surface area contributed by atoms with Crippen LogP contribution in [0.15, 0.2) is 78.9 Å². The average molecular weight is 400 g/mol. The molecule has 0 bridgehead atoms. The molecular formula is C25H21FN2O2. The van der Waals surface area contributed by atoms with E-state index in [-0.39, 0.29) is 18.3 Å². The summed E-state index contributed by atoms with van der Waals surface area (Å²) in [4.78, 5) is 17.7. The van der Waals surface area contributed by atoms with Gasteiger partial charge in [-0.25, -0.2) is 9.37 Å². The summed E-state index contributed by atoms with van der Waals surface area (Å²) in [6, 6.07) is 23.2. The molecule has 0 fully saturated rings. The molecule has 1 amide bonds. The van der Waals surface area contributed by atoms with Gasteiger partial charge in [0.15, 0.2) is 0 Å². The first-order chi connectivity index (χ1) is 14.6.